The van der Waals surface area contributed by atoms with Gasteiger partial charge in [0.2, 0.25) is 0 Å². The molecule has 0 aliphatic heterocycles. The molecule has 0 N–H and O–H groups in total. The molecule has 8 nitrogen and oxygen atoms in total. The molecule has 4 aromatic rings. The molecule has 4 rings (SSSR count). The van der Waals surface area contributed by atoms with Crippen molar-refractivity contribution >= 4 is 8.72 Å². The van der Waals surface area contributed by atoms with E-state index in [1.807, 2.05) is 50.1 Å². The van der Waals surface area contributed by atoms with Crippen molar-refractivity contribution in [3.8, 4) is 0 Å². The first-order chi connectivity index (χ1) is 10.4. The van der Waals surface area contributed by atoms with E-state index in [1.165, 1.54) is 0 Å². The van der Waals surface area contributed by atoms with Crippen molar-refractivity contribution in [3.63, 3.8) is 0 Å². The highest BCUT2D eigenvalue weighted by atomic mass is 28.4. The highest BCUT2D eigenvalue weighted by molar-refractivity contribution is 6.73. The zero-order valence-corrected chi connectivity index (χ0v) is 12.0. The smallest absolute Gasteiger partial charge is 0.311 e. The maximum atomic E-state index is 4.21. The first-order valence-corrected chi connectivity index (χ1v) is 8.15. The summed E-state index contributed by atoms with van der Waals surface area (Å²) >= 11 is 0. The quantitative estimate of drug-likeness (QED) is 0.511. The highest BCUT2D eigenvalue weighted by Crippen LogP contribution is 2.16. The Bertz CT molecular complexity index is 643. The predicted octanol–water partition coefficient (Wildman–Crippen LogP) is 0.401. The standard InChI is InChI=1S/C12H12N8Si/c1-5-17(9-13-1)21(18-6-2-14-10-18,19-7-3-15-11-19)20-8-4-16-12-20/h1-12H. The molecule has 0 aromatic carbocycles. The fourth-order valence-corrected chi connectivity index (χ4v) is 6.10. The van der Waals surface area contributed by atoms with E-state index >= 15 is 0 Å². The average Bonchev–Trinajstić information content (AvgIpc) is 3.32. The van der Waals surface area contributed by atoms with Crippen LogP contribution in [0.3, 0.4) is 0 Å². The maximum Gasteiger partial charge on any atom is 0.522 e. The number of rotatable bonds is 4. The molecule has 0 fully saturated rings. The van der Waals surface area contributed by atoms with Crippen molar-refractivity contribution in [3.05, 3.63) is 74.9 Å². The van der Waals surface area contributed by atoms with Gasteiger partial charge >= 0.3 is 8.72 Å². The molecular formula is C12H12N8Si. The Labute approximate surface area is 121 Å². The van der Waals surface area contributed by atoms with E-state index in [9.17, 15) is 0 Å². The van der Waals surface area contributed by atoms with Gasteiger partial charge in [0.05, 0.1) is 25.3 Å². The SMILES string of the molecule is c1cn([Si](n2ccnc2)(n2ccnc2)n2ccnc2)cn1. The van der Waals surface area contributed by atoms with Gasteiger partial charge in [-0.1, -0.05) is 0 Å². The summed E-state index contributed by atoms with van der Waals surface area (Å²) < 4.78 is 8.38. The van der Waals surface area contributed by atoms with E-state index < -0.39 is 8.72 Å². The molecule has 0 amide bonds. The summed E-state index contributed by atoms with van der Waals surface area (Å²) in [6.07, 6.45) is 22.1. The molecule has 0 unspecified atom stereocenters. The molecule has 9 heteroatoms. The fourth-order valence-electron chi connectivity index (χ4n) is 2.55. The van der Waals surface area contributed by atoms with E-state index in [0.29, 0.717) is 0 Å². The fraction of sp³-hybridized carbons (Fsp3) is 0. The summed E-state index contributed by atoms with van der Waals surface area (Å²) in [6, 6.07) is 0. The first kappa shape index (κ1) is 11.8. The van der Waals surface area contributed by atoms with E-state index in [-0.39, 0.29) is 0 Å². The number of aromatic nitrogens is 8. The second-order valence-electron chi connectivity index (χ2n) is 4.48. The molecule has 0 aliphatic carbocycles. The average molecular weight is 296 g/mol. The van der Waals surface area contributed by atoms with Gasteiger partial charge in [-0.3, -0.25) is 0 Å². The van der Waals surface area contributed by atoms with Crippen molar-refractivity contribution < 1.29 is 0 Å². The molecule has 4 aromatic heterocycles. The van der Waals surface area contributed by atoms with E-state index in [1.54, 1.807) is 24.8 Å². The summed E-state index contributed by atoms with van der Waals surface area (Å²) in [7, 11) is -2.67. The van der Waals surface area contributed by atoms with Crippen molar-refractivity contribution in [1.82, 2.24) is 36.9 Å². The van der Waals surface area contributed by atoms with Gasteiger partial charge < -0.3 is 16.9 Å². The number of hydrogen-bond donors (Lipinski definition) is 0. The third kappa shape index (κ3) is 1.61. The third-order valence-corrected chi connectivity index (χ3v) is 7.23. The van der Waals surface area contributed by atoms with Crippen molar-refractivity contribution in [1.29, 1.82) is 0 Å². The Balaban J connectivity index is 2.10. The van der Waals surface area contributed by atoms with E-state index in [0.717, 1.165) is 0 Å². The van der Waals surface area contributed by atoms with Crippen molar-refractivity contribution in [2.45, 2.75) is 0 Å². The molecule has 0 saturated heterocycles. The summed E-state index contributed by atoms with van der Waals surface area (Å²) in [6.45, 7) is 0. The van der Waals surface area contributed by atoms with Gasteiger partial charge in [-0.15, -0.1) is 0 Å². The van der Waals surface area contributed by atoms with Crippen LogP contribution in [0.15, 0.2) is 74.9 Å². The minimum atomic E-state index is -2.67. The molecule has 0 spiro atoms. The molecule has 4 heterocycles. The molecular weight excluding hydrogens is 284 g/mol. The van der Waals surface area contributed by atoms with Crippen LogP contribution in [-0.2, 0) is 0 Å². The minimum absolute atomic E-state index is 1.77. The molecule has 0 atom stereocenters. The van der Waals surface area contributed by atoms with Gasteiger partial charge in [0, 0.05) is 49.6 Å². The predicted molar refractivity (Wildman–Crippen MR) is 76.3 cm³/mol. The van der Waals surface area contributed by atoms with Crippen molar-refractivity contribution in [2.24, 2.45) is 0 Å². The zero-order valence-electron chi connectivity index (χ0n) is 11.0. The van der Waals surface area contributed by atoms with Gasteiger partial charge in [0.25, 0.3) is 0 Å². The lowest BCUT2D eigenvalue weighted by Gasteiger charge is -2.33. The lowest BCUT2D eigenvalue weighted by Crippen LogP contribution is -2.62. The number of hydrogen-bond acceptors (Lipinski definition) is 4. The Morgan fingerprint density at radius 2 is 0.762 bits per heavy atom. The largest absolute Gasteiger partial charge is 0.522 e. The second kappa shape index (κ2) is 4.56. The molecule has 0 radical (unpaired) electrons. The lowest BCUT2D eigenvalue weighted by molar-refractivity contribution is 0.807. The Hall–Kier alpha value is -2.94. The summed E-state index contributed by atoms with van der Waals surface area (Å²) in [5, 5.41) is 0. The van der Waals surface area contributed by atoms with Gasteiger partial charge in [0.15, 0.2) is 0 Å². The van der Waals surface area contributed by atoms with Crippen LogP contribution in [0, 0.1) is 0 Å². The topological polar surface area (TPSA) is 71.3 Å². The Kier molecular flexibility index (Phi) is 2.57. The van der Waals surface area contributed by atoms with E-state index in [4.69, 9.17) is 0 Å². The number of imidazole rings is 4. The van der Waals surface area contributed by atoms with Crippen LogP contribution < -0.4 is 0 Å². The van der Waals surface area contributed by atoms with Gasteiger partial charge in [-0.2, -0.15) is 0 Å². The van der Waals surface area contributed by atoms with Crippen molar-refractivity contribution in [2.75, 3.05) is 0 Å². The van der Waals surface area contributed by atoms with Gasteiger partial charge in [0.1, 0.15) is 0 Å². The summed E-state index contributed by atoms with van der Waals surface area (Å²) in [5.74, 6) is 0. The second-order valence-corrected chi connectivity index (χ2v) is 7.75. The van der Waals surface area contributed by atoms with E-state index in [2.05, 4.69) is 36.9 Å². The summed E-state index contributed by atoms with van der Waals surface area (Å²) in [4.78, 5) is 16.9. The molecule has 21 heavy (non-hydrogen) atoms. The van der Waals surface area contributed by atoms with Crippen LogP contribution in [0.4, 0.5) is 0 Å². The normalized spacial score (nSPS) is 11.8. The van der Waals surface area contributed by atoms with Gasteiger partial charge in [-0.25, -0.2) is 19.9 Å². The molecule has 0 saturated carbocycles. The van der Waals surface area contributed by atoms with Crippen LogP contribution in [0.2, 0.25) is 0 Å². The Morgan fingerprint density at radius 3 is 0.952 bits per heavy atom. The van der Waals surface area contributed by atoms with Crippen LogP contribution >= 0.6 is 0 Å². The molecule has 0 bridgehead atoms. The Morgan fingerprint density at radius 1 is 0.476 bits per heavy atom. The number of nitrogens with zero attached hydrogens (tertiary/aromatic N) is 8. The molecule has 104 valence electrons. The van der Waals surface area contributed by atoms with Crippen LogP contribution in [-0.4, -0.2) is 45.6 Å². The third-order valence-electron chi connectivity index (χ3n) is 3.40. The monoisotopic (exact) mass is 296 g/mol. The first-order valence-electron chi connectivity index (χ1n) is 6.36. The zero-order chi connectivity index (χ0) is 14.1. The molecule has 0 aliphatic rings. The highest BCUT2D eigenvalue weighted by Gasteiger charge is 2.45. The summed E-state index contributed by atoms with van der Waals surface area (Å²) in [5.41, 5.74) is 0. The van der Waals surface area contributed by atoms with Gasteiger partial charge in [-0.05, 0) is 0 Å². The maximum absolute atomic E-state index is 4.21. The lowest BCUT2D eigenvalue weighted by atomic mass is 11.0. The van der Waals surface area contributed by atoms with Crippen LogP contribution in [0.25, 0.3) is 0 Å². The van der Waals surface area contributed by atoms with Crippen LogP contribution in [0.5, 0.6) is 0 Å². The van der Waals surface area contributed by atoms with Crippen LogP contribution in [0.1, 0.15) is 0 Å². The minimum Gasteiger partial charge on any atom is -0.311 e.